The molecule has 3 heteroatoms. The largest absolute Gasteiger partial charge is 0.364 e. The molecule has 1 heterocycles. The van der Waals surface area contributed by atoms with Gasteiger partial charge in [-0.05, 0) is 40.1 Å². The van der Waals surface area contributed by atoms with Crippen LogP contribution in [0.2, 0.25) is 0 Å². The minimum atomic E-state index is 0.168. The summed E-state index contributed by atoms with van der Waals surface area (Å²) in [6.07, 6.45) is 1.96. The van der Waals surface area contributed by atoms with Crippen LogP contribution in [0.3, 0.4) is 0 Å². The standard InChI is InChI=1S/C11H21N3/c1-11(2,12-3)9-14(4)8-10-6-5-7-13-10/h5-7,12-13H,8-9H2,1-4H3. The predicted octanol–water partition coefficient (Wildman–Crippen LogP) is 1.44. The van der Waals surface area contributed by atoms with Crippen molar-refractivity contribution in [2.45, 2.75) is 25.9 Å². The van der Waals surface area contributed by atoms with E-state index in [0.29, 0.717) is 0 Å². The Hall–Kier alpha value is -0.800. The van der Waals surface area contributed by atoms with E-state index in [1.807, 2.05) is 19.3 Å². The Morgan fingerprint density at radius 2 is 2.21 bits per heavy atom. The molecular weight excluding hydrogens is 174 g/mol. The van der Waals surface area contributed by atoms with Crippen LogP contribution in [-0.2, 0) is 6.54 Å². The zero-order chi connectivity index (χ0) is 10.6. The van der Waals surface area contributed by atoms with Crippen molar-refractivity contribution in [3.05, 3.63) is 24.0 Å². The van der Waals surface area contributed by atoms with Crippen LogP contribution in [0, 0.1) is 0 Å². The summed E-state index contributed by atoms with van der Waals surface area (Å²) in [5, 5.41) is 3.30. The molecule has 0 saturated carbocycles. The summed E-state index contributed by atoms with van der Waals surface area (Å²) in [7, 11) is 4.14. The molecule has 80 valence electrons. The van der Waals surface area contributed by atoms with Crippen molar-refractivity contribution in [2.24, 2.45) is 0 Å². The summed E-state index contributed by atoms with van der Waals surface area (Å²) in [5.41, 5.74) is 1.43. The van der Waals surface area contributed by atoms with Crippen molar-refractivity contribution in [1.82, 2.24) is 15.2 Å². The maximum Gasteiger partial charge on any atom is 0.0382 e. The van der Waals surface area contributed by atoms with E-state index < -0.39 is 0 Å². The average Bonchev–Trinajstić information content (AvgIpc) is 2.55. The molecule has 0 saturated heterocycles. The first kappa shape index (κ1) is 11.3. The van der Waals surface area contributed by atoms with Gasteiger partial charge in [-0.2, -0.15) is 0 Å². The second-order valence-corrected chi connectivity index (χ2v) is 4.50. The number of likely N-dealkylation sites (N-methyl/N-ethyl adjacent to an activating group) is 2. The number of H-pyrrole nitrogens is 1. The summed E-state index contributed by atoms with van der Waals surface area (Å²) in [6, 6.07) is 4.15. The smallest absolute Gasteiger partial charge is 0.0382 e. The lowest BCUT2D eigenvalue weighted by Crippen LogP contribution is -2.46. The van der Waals surface area contributed by atoms with Crippen molar-refractivity contribution in [3.63, 3.8) is 0 Å². The third kappa shape index (κ3) is 3.52. The number of rotatable bonds is 5. The van der Waals surface area contributed by atoms with Crippen LogP contribution in [0.1, 0.15) is 19.5 Å². The van der Waals surface area contributed by atoms with Crippen molar-refractivity contribution < 1.29 is 0 Å². The molecule has 0 aliphatic carbocycles. The third-order valence-corrected chi connectivity index (χ3v) is 2.44. The van der Waals surface area contributed by atoms with Gasteiger partial charge < -0.3 is 10.3 Å². The molecule has 0 unspecified atom stereocenters. The summed E-state index contributed by atoms with van der Waals surface area (Å²) in [4.78, 5) is 5.52. The van der Waals surface area contributed by atoms with Crippen LogP contribution in [0.4, 0.5) is 0 Å². The number of nitrogens with one attached hydrogen (secondary N) is 2. The van der Waals surface area contributed by atoms with Crippen molar-refractivity contribution in [2.75, 3.05) is 20.6 Å². The first-order valence-corrected chi connectivity index (χ1v) is 5.03. The van der Waals surface area contributed by atoms with Crippen LogP contribution < -0.4 is 5.32 Å². The van der Waals surface area contributed by atoms with E-state index >= 15 is 0 Å². The Balaban J connectivity index is 2.40. The van der Waals surface area contributed by atoms with E-state index in [4.69, 9.17) is 0 Å². The molecule has 1 rings (SSSR count). The molecule has 0 aliphatic rings. The van der Waals surface area contributed by atoms with Crippen molar-refractivity contribution in [1.29, 1.82) is 0 Å². The molecule has 0 bridgehead atoms. The van der Waals surface area contributed by atoms with Crippen LogP contribution in [0.15, 0.2) is 18.3 Å². The quantitative estimate of drug-likeness (QED) is 0.745. The van der Waals surface area contributed by atoms with Crippen LogP contribution in [0.25, 0.3) is 0 Å². The molecule has 1 aromatic heterocycles. The number of aromatic amines is 1. The monoisotopic (exact) mass is 195 g/mol. The lowest BCUT2D eigenvalue weighted by Gasteiger charge is -2.29. The van der Waals surface area contributed by atoms with Gasteiger partial charge in [-0.3, -0.25) is 4.90 Å². The fourth-order valence-corrected chi connectivity index (χ4v) is 1.57. The molecule has 0 aliphatic heterocycles. The van der Waals surface area contributed by atoms with Gasteiger partial charge in [-0.1, -0.05) is 0 Å². The highest BCUT2D eigenvalue weighted by Crippen LogP contribution is 2.06. The molecule has 0 atom stereocenters. The van der Waals surface area contributed by atoms with Crippen LogP contribution in [-0.4, -0.2) is 36.1 Å². The molecule has 14 heavy (non-hydrogen) atoms. The molecule has 0 radical (unpaired) electrons. The number of nitrogens with zero attached hydrogens (tertiary/aromatic N) is 1. The molecular formula is C11H21N3. The highest BCUT2D eigenvalue weighted by molar-refractivity contribution is 5.03. The summed E-state index contributed by atoms with van der Waals surface area (Å²) >= 11 is 0. The SMILES string of the molecule is CNC(C)(C)CN(C)Cc1ccc[nH]1. The Bertz CT molecular complexity index is 252. The first-order chi connectivity index (χ1) is 6.53. The first-order valence-electron chi connectivity index (χ1n) is 5.03. The number of hydrogen-bond donors (Lipinski definition) is 2. The van der Waals surface area contributed by atoms with Gasteiger partial charge in [0.05, 0.1) is 0 Å². The van der Waals surface area contributed by atoms with Gasteiger partial charge >= 0.3 is 0 Å². The Morgan fingerprint density at radius 1 is 1.50 bits per heavy atom. The Kier molecular flexibility index (Phi) is 3.72. The molecule has 1 aromatic rings. The highest BCUT2D eigenvalue weighted by atomic mass is 15.1. The van der Waals surface area contributed by atoms with Gasteiger partial charge in [0.25, 0.3) is 0 Å². The predicted molar refractivity (Wildman–Crippen MR) is 60.3 cm³/mol. The summed E-state index contributed by atoms with van der Waals surface area (Å²) in [6.45, 7) is 6.41. The fraction of sp³-hybridized carbons (Fsp3) is 0.636. The topological polar surface area (TPSA) is 31.1 Å². The highest BCUT2D eigenvalue weighted by Gasteiger charge is 2.17. The van der Waals surface area contributed by atoms with Crippen molar-refractivity contribution in [3.8, 4) is 0 Å². The minimum Gasteiger partial charge on any atom is -0.364 e. The molecule has 2 N–H and O–H groups in total. The number of aromatic nitrogens is 1. The second-order valence-electron chi connectivity index (χ2n) is 4.50. The average molecular weight is 195 g/mol. The van der Waals surface area contributed by atoms with Gasteiger partial charge in [0.2, 0.25) is 0 Å². The molecule has 0 spiro atoms. The van der Waals surface area contributed by atoms with Gasteiger partial charge in [-0.15, -0.1) is 0 Å². The molecule has 3 nitrogen and oxygen atoms in total. The normalized spacial score (nSPS) is 12.4. The number of hydrogen-bond acceptors (Lipinski definition) is 2. The summed E-state index contributed by atoms with van der Waals surface area (Å²) < 4.78 is 0. The van der Waals surface area contributed by atoms with E-state index in [-0.39, 0.29) is 5.54 Å². The minimum absolute atomic E-state index is 0.168. The molecule has 0 fully saturated rings. The maximum atomic E-state index is 3.30. The van der Waals surface area contributed by atoms with E-state index in [1.54, 1.807) is 0 Å². The lowest BCUT2D eigenvalue weighted by atomic mass is 10.1. The molecule has 0 aromatic carbocycles. The maximum absolute atomic E-state index is 3.30. The molecule has 0 amide bonds. The van der Waals surface area contributed by atoms with E-state index in [1.165, 1.54) is 5.69 Å². The van der Waals surface area contributed by atoms with Crippen molar-refractivity contribution >= 4 is 0 Å². The lowest BCUT2D eigenvalue weighted by molar-refractivity contribution is 0.236. The van der Waals surface area contributed by atoms with Gasteiger partial charge in [0, 0.05) is 30.5 Å². The zero-order valence-corrected chi connectivity index (χ0v) is 9.59. The zero-order valence-electron chi connectivity index (χ0n) is 9.59. The summed E-state index contributed by atoms with van der Waals surface area (Å²) in [5.74, 6) is 0. The van der Waals surface area contributed by atoms with Crippen LogP contribution in [0.5, 0.6) is 0 Å². The Labute approximate surface area is 86.5 Å². The van der Waals surface area contributed by atoms with Crippen LogP contribution >= 0.6 is 0 Å². The van der Waals surface area contributed by atoms with E-state index in [2.05, 4.69) is 42.2 Å². The van der Waals surface area contributed by atoms with Gasteiger partial charge in [0.1, 0.15) is 0 Å². The van der Waals surface area contributed by atoms with E-state index in [0.717, 1.165) is 13.1 Å². The fourth-order valence-electron chi connectivity index (χ4n) is 1.57. The van der Waals surface area contributed by atoms with Gasteiger partial charge in [-0.25, -0.2) is 0 Å². The third-order valence-electron chi connectivity index (χ3n) is 2.44. The second kappa shape index (κ2) is 4.62. The van der Waals surface area contributed by atoms with Gasteiger partial charge in [0.15, 0.2) is 0 Å². The van der Waals surface area contributed by atoms with E-state index in [9.17, 15) is 0 Å². The Morgan fingerprint density at radius 3 is 2.71 bits per heavy atom.